The zero-order chi connectivity index (χ0) is 8.97. The molecule has 0 amide bonds. The van der Waals surface area contributed by atoms with Crippen molar-refractivity contribution in [3.63, 3.8) is 0 Å². The monoisotopic (exact) mass is 165 g/mol. The Morgan fingerprint density at radius 2 is 0.917 bits per heavy atom. The van der Waals surface area contributed by atoms with Crippen LogP contribution < -0.4 is 16.0 Å². The van der Waals surface area contributed by atoms with Crippen LogP contribution in [0.5, 0.6) is 0 Å². The Kier molecular flexibility index (Phi) is 2.80. The van der Waals surface area contributed by atoms with Crippen molar-refractivity contribution in [2.45, 2.75) is 0 Å². The minimum Gasteiger partial charge on any atom is -0.388 e. The van der Waals surface area contributed by atoms with Crippen LogP contribution >= 0.6 is 0 Å². The van der Waals surface area contributed by atoms with Crippen molar-refractivity contribution < 1.29 is 0 Å². The lowest BCUT2D eigenvalue weighted by atomic mass is 10.2. The fourth-order valence-corrected chi connectivity index (χ4v) is 1.06. The van der Waals surface area contributed by atoms with Gasteiger partial charge in [0.2, 0.25) is 0 Å². The molecule has 0 atom stereocenters. The third-order valence-corrected chi connectivity index (χ3v) is 1.80. The van der Waals surface area contributed by atoms with Crippen LogP contribution in [0.4, 0.5) is 17.1 Å². The van der Waals surface area contributed by atoms with Crippen LogP contribution in [0.2, 0.25) is 0 Å². The molecule has 0 saturated carbocycles. The van der Waals surface area contributed by atoms with Gasteiger partial charge in [0.05, 0.1) is 0 Å². The van der Waals surface area contributed by atoms with Gasteiger partial charge in [-0.2, -0.15) is 0 Å². The molecule has 0 radical (unpaired) electrons. The van der Waals surface area contributed by atoms with Crippen LogP contribution in [-0.4, -0.2) is 21.1 Å². The van der Waals surface area contributed by atoms with Crippen LogP contribution in [0.15, 0.2) is 18.2 Å². The zero-order valence-corrected chi connectivity index (χ0v) is 7.73. The summed E-state index contributed by atoms with van der Waals surface area (Å²) >= 11 is 0. The van der Waals surface area contributed by atoms with Gasteiger partial charge in [0.15, 0.2) is 0 Å². The second-order valence-corrected chi connectivity index (χ2v) is 2.55. The second kappa shape index (κ2) is 3.85. The predicted octanol–water partition coefficient (Wildman–Crippen LogP) is 1.81. The number of hydrogen-bond acceptors (Lipinski definition) is 3. The van der Waals surface area contributed by atoms with Gasteiger partial charge in [-0.1, -0.05) is 0 Å². The van der Waals surface area contributed by atoms with Crippen molar-refractivity contribution in [3.8, 4) is 0 Å². The summed E-state index contributed by atoms with van der Waals surface area (Å²) < 4.78 is 0. The molecule has 0 aliphatic heterocycles. The molecule has 0 heterocycles. The molecule has 3 heteroatoms. The van der Waals surface area contributed by atoms with Crippen molar-refractivity contribution in [1.29, 1.82) is 0 Å². The van der Waals surface area contributed by atoms with Gasteiger partial charge >= 0.3 is 0 Å². The summed E-state index contributed by atoms with van der Waals surface area (Å²) in [4.78, 5) is 0. The van der Waals surface area contributed by atoms with E-state index in [2.05, 4.69) is 34.1 Å². The molecule has 0 bridgehead atoms. The summed E-state index contributed by atoms with van der Waals surface area (Å²) in [6.45, 7) is 0. The highest BCUT2D eigenvalue weighted by atomic mass is 14.9. The van der Waals surface area contributed by atoms with Gasteiger partial charge < -0.3 is 16.0 Å². The lowest BCUT2D eigenvalue weighted by Gasteiger charge is -2.08. The summed E-state index contributed by atoms with van der Waals surface area (Å²) in [5.74, 6) is 0. The third-order valence-electron chi connectivity index (χ3n) is 1.80. The summed E-state index contributed by atoms with van der Waals surface area (Å²) in [7, 11) is 5.73. The Hall–Kier alpha value is -1.38. The standard InChI is InChI=1S/C9H15N3/c1-10-7-4-8(11-2)6-9(5-7)12-3/h4-6,10-12H,1-3H3. The average molecular weight is 165 g/mol. The first-order chi connectivity index (χ1) is 5.80. The fourth-order valence-electron chi connectivity index (χ4n) is 1.06. The summed E-state index contributed by atoms with van der Waals surface area (Å²) in [5, 5.41) is 9.29. The van der Waals surface area contributed by atoms with Gasteiger partial charge in [0.25, 0.3) is 0 Å². The molecule has 0 aliphatic rings. The third kappa shape index (κ3) is 1.81. The molecule has 0 saturated heterocycles. The number of anilines is 3. The minimum absolute atomic E-state index is 1.10. The molecule has 0 aromatic heterocycles. The van der Waals surface area contributed by atoms with E-state index in [0.29, 0.717) is 0 Å². The molecule has 0 fully saturated rings. The molecule has 0 spiro atoms. The van der Waals surface area contributed by atoms with Gasteiger partial charge in [0, 0.05) is 38.2 Å². The normalized spacial score (nSPS) is 9.25. The van der Waals surface area contributed by atoms with Crippen molar-refractivity contribution in [2.75, 3.05) is 37.1 Å². The molecular formula is C9H15N3. The van der Waals surface area contributed by atoms with E-state index >= 15 is 0 Å². The van der Waals surface area contributed by atoms with E-state index in [1.165, 1.54) is 0 Å². The molecule has 3 N–H and O–H groups in total. The van der Waals surface area contributed by atoms with E-state index in [9.17, 15) is 0 Å². The molecule has 1 aromatic carbocycles. The van der Waals surface area contributed by atoms with Crippen LogP contribution in [0, 0.1) is 0 Å². The van der Waals surface area contributed by atoms with Crippen LogP contribution in [-0.2, 0) is 0 Å². The van der Waals surface area contributed by atoms with Crippen LogP contribution in [0.3, 0.4) is 0 Å². The first kappa shape index (κ1) is 8.71. The average Bonchev–Trinajstić information content (AvgIpc) is 2.16. The van der Waals surface area contributed by atoms with Crippen LogP contribution in [0.1, 0.15) is 0 Å². The van der Waals surface area contributed by atoms with E-state index in [1.54, 1.807) is 0 Å². The second-order valence-electron chi connectivity index (χ2n) is 2.55. The number of nitrogens with one attached hydrogen (secondary N) is 3. The fraction of sp³-hybridized carbons (Fsp3) is 0.333. The van der Waals surface area contributed by atoms with E-state index in [0.717, 1.165) is 17.1 Å². The Labute approximate surface area is 73.2 Å². The van der Waals surface area contributed by atoms with Gasteiger partial charge in [0.1, 0.15) is 0 Å². The predicted molar refractivity (Wildman–Crippen MR) is 55.1 cm³/mol. The Morgan fingerprint density at radius 3 is 1.08 bits per heavy atom. The van der Waals surface area contributed by atoms with Crippen LogP contribution in [0.25, 0.3) is 0 Å². The first-order valence-electron chi connectivity index (χ1n) is 3.98. The van der Waals surface area contributed by atoms with E-state index in [-0.39, 0.29) is 0 Å². The quantitative estimate of drug-likeness (QED) is 0.639. The molecule has 12 heavy (non-hydrogen) atoms. The molecule has 1 rings (SSSR count). The number of hydrogen-bond donors (Lipinski definition) is 3. The van der Waals surface area contributed by atoms with Crippen molar-refractivity contribution in [1.82, 2.24) is 0 Å². The molecule has 3 nitrogen and oxygen atoms in total. The number of benzene rings is 1. The van der Waals surface area contributed by atoms with Crippen molar-refractivity contribution in [2.24, 2.45) is 0 Å². The molecule has 0 aliphatic carbocycles. The smallest absolute Gasteiger partial charge is 0.0379 e. The Morgan fingerprint density at radius 1 is 0.667 bits per heavy atom. The van der Waals surface area contributed by atoms with Gasteiger partial charge in [-0.15, -0.1) is 0 Å². The zero-order valence-electron chi connectivity index (χ0n) is 7.73. The largest absolute Gasteiger partial charge is 0.388 e. The van der Waals surface area contributed by atoms with E-state index in [1.807, 2.05) is 21.1 Å². The minimum atomic E-state index is 1.10. The summed E-state index contributed by atoms with van der Waals surface area (Å²) in [6, 6.07) is 6.17. The highest BCUT2D eigenvalue weighted by Gasteiger charge is 1.95. The highest BCUT2D eigenvalue weighted by Crippen LogP contribution is 2.21. The first-order valence-corrected chi connectivity index (χ1v) is 3.98. The van der Waals surface area contributed by atoms with Gasteiger partial charge in [-0.25, -0.2) is 0 Å². The van der Waals surface area contributed by atoms with E-state index < -0.39 is 0 Å². The maximum atomic E-state index is 3.10. The maximum absolute atomic E-state index is 3.10. The molecule has 66 valence electrons. The van der Waals surface area contributed by atoms with Crippen molar-refractivity contribution in [3.05, 3.63) is 18.2 Å². The molecule has 1 aromatic rings. The Balaban J connectivity index is 3.01. The summed E-state index contributed by atoms with van der Waals surface area (Å²) in [5.41, 5.74) is 3.31. The topological polar surface area (TPSA) is 36.1 Å². The summed E-state index contributed by atoms with van der Waals surface area (Å²) in [6.07, 6.45) is 0. The van der Waals surface area contributed by atoms with Gasteiger partial charge in [-0.3, -0.25) is 0 Å². The Bertz CT molecular complexity index is 203. The molecular weight excluding hydrogens is 150 g/mol. The highest BCUT2D eigenvalue weighted by molar-refractivity contribution is 5.66. The number of rotatable bonds is 3. The van der Waals surface area contributed by atoms with Gasteiger partial charge in [-0.05, 0) is 18.2 Å². The SMILES string of the molecule is CNc1cc(NC)cc(NC)c1. The lowest BCUT2D eigenvalue weighted by Crippen LogP contribution is -1.95. The lowest BCUT2D eigenvalue weighted by molar-refractivity contribution is 1.44. The maximum Gasteiger partial charge on any atom is 0.0379 e. The molecule has 0 unspecified atom stereocenters. The van der Waals surface area contributed by atoms with E-state index in [4.69, 9.17) is 0 Å². The van der Waals surface area contributed by atoms with Crippen molar-refractivity contribution >= 4 is 17.1 Å².